The molecule has 50 heavy (non-hydrogen) atoms. The molecule has 4 heteroatoms. The van der Waals surface area contributed by atoms with E-state index in [2.05, 4.69) is 130 Å². The zero-order valence-corrected chi connectivity index (χ0v) is 30.9. The number of aromatic nitrogens is 2. The van der Waals surface area contributed by atoms with E-state index >= 15 is 0 Å². The Balaban J connectivity index is 1.51. The van der Waals surface area contributed by atoms with Crippen molar-refractivity contribution < 1.29 is 9.52 Å². The van der Waals surface area contributed by atoms with Crippen LogP contribution in [0, 0.1) is 27.7 Å². The lowest BCUT2D eigenvalue weighted by Gasteiger charge is -2.22. The van der Waals surface area contributed by atoms with E-state index in [4.69, 9.17) is 14.4 Å². The fourth-order valence-electron chi connectivity index (χ4n) is 7.23. The average molecular weight is 659 g/mol. The van der Waals surface area contributed by atoms with Gasteiger partial charge in [0.2, 0.25) is 5.89 Å². The minimum absolute atomic E-state index is 0.0263. The third-order valence-electron chi connectivity index (χ3n) is 9.96. The monoisotopic (exact) mass is 658 g/mol. The van der Waals surface area contributed by atoms with Crippen LogP contribution in [0.1, 0.15) is 74.9 Å². The van der Waals surface area contributed by atoms with Gasteiger partial charge in [0.15, 0.2) is 5.58 Å². The van der Waals surface area contributed by atoms with Crippen molar-refractivity contribution in [1.82, 2.24) is 9.97 Å². The molecule has 7 rings (SSSR count). The molecule has 0 saturated carbocycles. The van der Waals surface area contributed by atoms with Gasteiger partial charge in [-0.25, -0.2) is 4.98 Å². The molecule has 0 aliphatic rings. The Kier molecular flexibility index (Phi) is 7.98. The van der Waals surface area contributed by atoms with E-state index in [1.807, 2.05) is 24.4 Å². The van der Waals surface area contributed by atoms with Crippen LogP contribution in [-0.2, 0) is 10.8 Å². The minimum atomic E-state index is -0.102. The molecule has 252 valence electrons. The number of fused-ring (bicyclic) bond motifs is 2. The molecule has 0 saturated heterocycles. The summed E-state index contributed by atoms with van der Waals surface area (Å²) in [6.07, 6.45) is 1.88. The minimum Gasteiger partial charge on any atom is -0.507 e. The zero-order valence-electron chi connectivity index (χ0n) is 30.9. The number of nitrogens with zero attached hydrogens (tertiary/aromatic N) is 2. The van der Waals surface area contributed by atoms with Crippen LogP contribution in [0.4, 0.5) is 0 Å². The SMILES string of the molecule is Cc1cc(C)c(-c2cc(-c3ccc(C)c(-c4cc(C(C)(C)C)cc5cccnc45)c3)c3nc(-c4cc(C(C)(C)C)ccc4O)oc3c2)c(C)c1. The Morgan fingerprint density at radius 1 is 0.580 bits per heavy atom. The molecule has 0 bridgehead atoms. The number of pyridine rings is 1. The van der Waals surface area contributed by atoms with Crippen LogP contribution in [0.5, 0.6) is 5.75 Å². The molecule has 4 nitrogen and oxygen atoms in total. The van der Waals surface area contributed by atoms with Crippen molar-refractivity contribution >= 4 is 22.0 Å². The van der Waals surface area contributed by atoms with E-state index in [1.165, 1.54) is 33.4 Å². The summed E-state index contributed by atoms with van der Waals surface area (Å²) in [5.41, 5.74) is 16.6. The number of rotatable bonds is 4. The number of phenolic OH excluding ortho intramolecular Hbond substituents is 1. The highest BCUT2D eigenvalue weighted by atomic mass is 16.3. The molecule has 0 amide bonds. The second kappa shape index (κ2) is 12.0. The van der Waals surface area contributed by atoms with E-state index in [-0.39, 0.29) is 16.6 Å². The van der Waals surface area contributed by atoms with Crippen molar-refractivity contribution in [2.75, 3.05) is 0 Å². The van der Waals surface area contributed by atoms with Crippen LogP contribution < -0.4 is 0 Å². The Labute approximate surface area is 295 Å². The third-order valence-corrected chi connectivity index (χ3v) is 9.96. The number of benzene rings is 5. The van der Waals surface area contributed by atoms with E-state index in [9.17, 15) is 5.11 Å². The lowest BCUT2D eigenvalue weighted by atomic mass is 9.83. The van der Waals surface area contributed by atoms with Gasteiger partial charge in [-0.1, -0.05) is 83.5 Å². The molecule has 0 spiro atoms. The molecule has 2 aromatic heterocycles. The van der Waals surface area contributed by atoms with Crippen molar-refractivity contribution in [3.8, 4) is 50.6 Å². The first-order valence-electron chi connectivity index (χ1n) is 17.5. The molecule has 0 aliphatic heterocycles. The molecule has 0 radical (unpaired) electrons. The predicted octanol–water partition coefficient (Wildman–Crippen LogP) is 12.6. The van der Waals surface area contributed by atoms with Gasteiger partial charge in [-0.15, -0.1) is 0 Å². The number of aromatic hydroxyl groups is 1. The molecule has 0 fully saturated rings. The summed E-state index contributed by atoms with van der Waals surface area (Å²) < 4.78 is 6.60. The highest BCUT2D eigenvalue weighted by Crippen LogP contribution is 2.43. The van der Waals surface area contributed by atoms with Gasteiger partial charge in [-0.2, -0.15) is 0 Å². The summed E-state index contributed by atoms with van der Waals surface area (Å²) in [5, 5.41) is 12.2. The fraction of sp³-hybridized carbons (Fsp3) is 0.261. The zero-order chi connectivity index (χ0) is 35.7. The standard InChI is InChI=1S/C46H46N2O2/c1-26-18-28(3)41(29(4)19-26)32-22-36(43-40(23-32)50-44(48-43)38-24-33(45(5,6)7)15-16-39(38)49)30-14-13-27(2)35(21-30)37-25-34(46(8,9)10)20-31-12-11-17-47-42(31)37/h11-25,49H,1-10H3. The fourth-order valence-corrected chi connectivity index (χ4v) is 7.23. The van der Waals surface area contributed by atoms with Gasteiger partial charge in [0.25, 0.3) is 0 Å². The molecular formula is C46H46N2O2. The van der Waals surface area contributed by atoms with Crippen molar-refractivity contribution in [2.24, 2.45) is 0 Å². The van der Waals surface area contributed by atoms with Gasteiger partial charge in [0.1, 0.15) is 11.3 Å². The summed E-state index contributed by atoms with van der Waals surface area (Å²) >= 11 is 0. The van der Waals surface area contributed by atoms with E-state index in [0.29, 0.717) is 17.0 Å². The lowest BCUT2D eigenvalue weighted by molar-refractivity contribution is 0.473. The van der Waals surface area contributed by atoms with Gasteiger partial charge < -0.3 is 9.52 Å². The number of oxazole rings is 1. The van der Waals surface area contributed by atoms with Gasteiger partial charge in [0, 0.05) is 22.7 Å². The second-order valence-corrected chi connectivity index (χ2v) is 16.0. The molecule has 1 N–H and O–H groups in total. The smallest absolute Gasteiger partial charge is 0.231 e. The first kappa shape index (κ1) is 33.3. The van der Waals surface area contributed by atoms with Gasteiger partial charge in [-0.05, 0) is 137 Å². The van der Waals surface area contributed by atoms with Gasteiger partial charge >= 0.3 is 0 Å². The quantitative estimate of drug-likeness (QED) is 0.204. The van der Waals surface area contributed by atoms with Crippen LogP contribution in [-0.4, -0.2) is 15.1 Å². The van der Waals surface area contributed by atoms with Gasteiger partial charge in [0.05, 0.1) is 11.1 Å². The van der Waals surface area contributed by atoms with E-state index in [0.717, 1.165) is 49.8 Å². The van der Waals surface area contributed by atoms with E-state index < -0.39 is 0 Å². The van der Waals surface area contributed by atoms with Gasteiger partial charge in [-0.3, -0.25) is 4.98 Å². The second-order valence-electron chi connectivity index (χ2n) is 16.0. The summed E-state index contributed by atoms with van der Waals surface area (Å²) in [6.45, 7) is 21.9. The lowest BCUT2D eigenvalue weighted by Crippen LogP contribution is -2.11. The molecular weight excluding hydrogens is 613 g/mol. The van der Waals surface area contributed by atoms with Crippen molar-refractivity contribution in [3.63, 3.8) is 0 Å². The van der Waals surface area contributed by atoms with Crippen molar-refractivity contribution in [2.45, 2.75) is 80.1 Å². The topological polar surface area (TPSA) is 59.2 Å². The molecule has 0 atom stereocenters. The van der Waals surface area contributed by atoms with Crippen LogP contribution in [0.2, 0.25) is 0 Å². The average Bonchev–Trinajstić information content (AvgIpc) is 3.47. The summed E-state index contributed by atoms with van der Waals surface area (Å²) in [6, 6.07) is 29.9. The molecule has 2 heterocycles. The Hall–Kier alpha value is -5.22. The molecule has 5 aromatic carbocycles. The summed E-state index contributed by atoms with van der Waals surface area (Å²) in [7, 11) is 0. The Bertz CT molecular complexity index is 2430. The Morgan fingerprint density at radius 3 is 1.96 bits per heavy atom. The summed E-state index contributed by atoms with van der Waals surface area (Å²) in [5.74, 6) is 0.548. The number of phenols is 1. The first-order chi connectivity index (χ1) is 23.6. The van der Waals surface area contributed by atoms with Crippen LogP contribution in [0.25, 0.3) is 66.8 Å². The number of aryl methyl sites for hydroxylation is 4. The maximum absolute atomic E-state index is 11.1. The highest BCUT2D eigenvalue weighted by Gasteiger charge is 2.23. The largest absolute Gasteiger partial charge is 0.507 e. The Morgan fingerprint density at radius 2 is 1.26 bits per heavy atom. The number of hydrogen-bond donors (Lipinski definition) is 1. The third kappa shape index (κ3) is 5.98. The normalized spacial score (nSPS) is 12.3. The maximum atomic E-state index is 11.1. The van der Waals surface area contributed by atoms with Crippen LogP contribution >= 0.6 is 0 Å². The number of hydrogen-bond acceptors (Lipinski definition) is 4. The predicted molar refractivity (Wildman–Crippen MR) is 209 cm³/mol. The molecule has 0 unspecified atom stereocenters. The first-order valence-corrected chi connectivity index (χ1v) is 17.5. The highest BCUT2D eigenvalue weighted by molar-refractivity contribution is 6.00. The molecule has 0 aliphatic carbocycles. The maximum Gasteiger partial charge on any atom is 0.231 e. The van der Waals surface area contributed by atoms with Crippen LogP contribution in [0.3, 0.4) is 0 Å². The van der Waals surface area contributed by atoms with Crippen molar-refractivity contribution in [3.05, 3.63) is 125 Å². The van der Waals surface area contributed by atoms with Crippen molar-refractivity contribution in [1.29, 1.82) is 0 Å². The summed E-state index contributed by atoms with van der Waals surface area (Å²) in [4.78, 5) is 9.99. The van der Waals surface area contributed by atoms with Crippen LogP contribution in [0.15, 0.2) is 95.5 Å². The molecule has 7 aromatic rings. The van der Waals surface area contributed by atoms with E-state index in [1.54, 1.807) is 6.07 Å².